The van der Waals surface area contributed by atoms with Gasteiger partial charge in [-0.2, -0.15) is 0 Å². The number of aliphatic hydroxyl groups excluding tert-OH is 1. The number of carbonyl (C=O) groups is 1. The number of fused-ring (bicyclic) bond motifs is 3. The molecule has 2 aliphatic rings. The van der Waals surface area contributed by atoms with E-state index in [0.717, 1.165) is 56.8 Å². The number of benzene rings is 1. The van der Waals surface area contributed by atoms with E-state index in [1.807, 2.05) is 22.9 Å². The van der Waals surface area contributed by atoms with Gasteiger partial charge < -0.3 is 15.3 Å². The van der Waals surface area contributed by atoms with E-state index in [1.165, 1.54) is 22.2 Å². The van der Waals surface area contributed by atoms with Gasteiger partial charge in [0.05, 0.1) is 5.52 Å². The van der Waals surface area contributed by atoms with Gasteiger partial charge in [0.2, 0.25) is 0 Å². The fraction of sp³-hybridized carbons (Fsp3) is 0.550. The number of nitrogens with zero attached hydrogens (tertiary/aromatic N) is 2. The molecular formula is C20H27N3O2S. The summed E-state index contributed by atoms with van der Waals surface area (Å²) in [6.45, 7) is 5.79. The number of hydrogen-bond donors (Lipinski definition) is 2. The number of rotatable bonds is 4. The standard InChI is InChI=1S/C20H27N3O2S/c1-2-26-23-18-4-3-15(11-16(18)17-12-21-8-5-19(17)23)20(25)22-9-6-14(13-24)7-10-22/h3-4,11,14,21,24H,2,5-10,12-13H2,1H3. The van der Waals surface area contributed by atoms with Crippen LogP contribution in [-0.4, -0.2) is 51.9 Å². The number of aliphatic hydroxyl groups is 1. The summed E-state index contributed by atoms with van der Waals surface area (Å²) in [5.41, 5.74) is 4.76. The minimum Gasteiger partial charge on any atom is -0.396 e. The topological polar surface area (TPSA) is 57.5 Å². The number of likely N-dealkylation sites (tertiary alicyclic amines) is 1. The molecule has 26 heavy (non-hydrogen) atoms. The third kappa shape index (κ3) is 3.15. The van der Waals surface area contributed by atoms with Crippen molar-refractivity contribution in [2.24, 2.45) is 5.92 Å². The van der Waals surface area contributed by atoms with E-state index < -0.39 is 0 Å². The van der Waals surface area contributed by atoms with Crippen molar-refractivity contribution in [1.29, 1.82) is 0 Å². The van der Waals surface area contributed by atoms with Gasteiger partial charge in [0.1, 0.15) is 0 Å². The maximum Gasteiger partial charge on any atom is 0.253 e. The van der Waals surface area contributed by atoms with Crippen LogP contribution in [0, 0.1) is 5.92 Å². The van der Waals surface area contributed by atoms with Gasteiger partial charge in [0, 0.05) is 61.6 Å². The van der Waals surface area contributed by atoms with E-state index in [9.17, 15) is 9.90 Å². The molecule has 140 valence electrons. The molecule has 2 N–H and O–H groups in total. The molecule has 6 heteroatoms. The normalized spacial score (nSPS) is 18.3. The lowest BCUT2D eigenvalue weighted by Gasteiger charge is -2.31. The lowest BCUT2D eigenvalue weighted by molar-refractivity contribution is 0.0651. The lowest BCUT2D eigenvalue weighted by atomic mass is 9.97. The van der Waals surface area contributed by atoms with Crippen LogP contribution in [0.1, 0.15) is 41.4 Å². The van der Waals surface area contributed by atoms with E-state index in [1.54, 1.807) is 0 Å². The molecule has 0 unspecified atom stereocenters. The molecule has 3 heterocycles. The predicted molar refractivity (Wildman–Crippen MR) is 107 cm³/mol. The van der Waals surface area contributed by atoms with Crippen molar-refractivity contribution in [3.8, 4) is 0 Å². The van der Waals surface area contributed by atoms with Crippen LogP contribution in [0.25, 0.3) is 10.9 Å². The lowest BCUT2D eigenvalue weighted by Crippen LogP contribution is -2.39. The first-order valence-electron chi connectivity index (χ1n) is 9.63. The Labute approximate surface area is 158 Å². The molecule has 0 bridgehead atoms. The van der Waals surface area contributed by atoms with Crippen molar-refractivity contribution in [2.75, 3.05) is 32.0 Å². The number of hydrogen-bond acceptors (Lipinski definition) is 4. The monoisotopic (exact) mass is 373 g/mol. The smallest absolute Gasteiger partial charge is 0.253 e. The second kappa shape index (κ2) is 7.62. The summed E-state index contributed by atoms with van der Waals surface area (Å²) in [6.07, 6.45) is 2.83. The maximum atomic E-state index is 13.0. The molecule has 0 saturated carbocycles. The summed E-state index contributed by atoms with van der Waals surface area (Å²) in [6, 6.07) is 6.19. The van der Waals surface area contributed by atoms with E-state index in [-0.39, 0.29) is 12.5 Å². The molecule has 2 aliphatic heterocycles. The van der Waals surface area contributed by atoms with Gasteiger partial charge in [0.15, 0.2) is 0 Å². The first kappa shape index (κ1) is 17.9. The zero-order valence-electron chi connectivity index (χ0n) is 15.3. The zero-order chi connectivity index (χ0) is 18.1. The number of amides is 1. The first-order valence-corrected chi connectivity index (χ1v) is 10.6. The van der Waals surface area contributed by atoms with Crippen molar-refractivity contribution in [1.82, 2.24) is 14.2 Å². The summed E-state index contributed by atoms with van der Waals surface area (Å²) >= 11 is 1.84. The van der Waals surface area contributed by atoms with Crippen LogP contribution in [0.2, 0.25) is 0 Å². The van der Waals surface area contributed by atoms with E-state index >= 15 is 0 Å². The first-order chi connectivity index (χ1) is 12.7. The van der Waals surface area contributed by atoms with Crippen LogP contribution in [-0.2, 0) is 13.0 Å². The molecular weight excluding hydrogens is 346 g/mol. The summed E-state index contributed by atoms with van der Waals surface area (Å²) < 4.78 is 2.37. The van der Waals surface area contributed by atoms with E-state index in [4.69, 9.17) is 0 Å². The molecule has 1 aromatic carbocycles. The quantitative estimate of drug-likeness (QED) is 0.865. The maximum absolute atomic E-state index is 13.0. The van der Waals surface area contributed by atoms with E-state index in [0.29, 0.717) is 5.92 Å². The Morgan fingerprint density at radius 3 is 2.88 bits per heavy atom. The SMILES string of the molecule is CCSn1c2c(c3cc(C(=O)N4CCC(CO)CC4)ccc31)CNCC2. The van der Waals surface area contributed by atoms with Crippen molar-refractivity contribution >= 4 is 28.8 Å². The molecule has 1 fully saturated rings. The van der Waals surface area contributed by atoms with Crippen molar-refractivity contribution in [3.63, 3.8) is 0 Å². The Kier molecular flexibility index (Phi) is 5.25. The van der Waals surface area contributed by atoms with Gasteiger partial charge in [-0.05, 0) is 54.5 Å². The second-order valence-electron chi connectivity index (χ2n) is 7.21. The van der Waals surface area contributed by atoms with Crippen LogP contribution in [0.3, 0.4) is 0 Å². The van der Waals surface area contributed by atoms with Gasteiger partial charge in [-0.3, -0.25) is 8.77 Å². The van der Waals surface area contributed by atoms with Crippen molar-refractivity contribution in [3.05, 3.63) is 35.0 Å². The number of nitrogens with one attached hydrogen (secondary N) is 1. The molecule has 4 rings (SSSR count). The van der Waals surface area contributed by atoms with Crippen LogP contribution in [0.5, 0.6) is 0 Å². The van der Waals surface area contributed by atoms with Gasteiger partial charge in [-0.1, -0.05) is 6.92 Å². The average Bonchev–Trinajstić information content (AvgIpc) is 3.01. The van der Waals surface area contributed by atoms with Gasteiger partial charge in [-0.25, -0.2) is 0 Å². The molecule has 5 nitrogen and oxygen atoms in total. The van der Waals surface area contributed by atoms with Crippen LogP contribution < -0.4 is 5.32 Å². The van der Waals surface area contributed by atoms with E-state index in [2.05, 4.69) is 28.3 Å². The molecule has 0 aliphatic carbocycles. The van der Waals surface area contributed by atoms with Gasteiger partial charge >= 0.3 is 0 Å². The van der Waals surface area contributed by atoms with Gasteiger partial charge in [0.25, 0.3) is 5.91 Å². The highest BCUT2D eigenvalue weighted by Crippen LogP contribution is 2.33. The number of aromatic nitrogens is 1. The molecule has 2 aromatic rings. The molecule has 0 radical (unpaired) electrons. The average molecular weight is 374 g/mol. The highest BCUT2D eigenvalue weighted by atomic mass is 32.2. The van der Waals surface area contributed by atoms with Gasteiger partial charge in [-0.15, -0.1) is 0 Å². The molecule has 0 atom stereocenters. The fourth-order valence-corrected chi connectivity index (χ4v) is 5.07. The largest absolute Gasteiger partial charge is 0.396 e. The molecule has 1 amide bonds. The highest BCUT2D eigenvalue weighted by Gasteiger charge is 2.25. The number of piperidine rings is 1. The summed E-state index contributed by atoms with van der Waals surface area (Å²) in [4.78, 5) is 14.9. The zero-order valence-corrected chi connectivity index (χ0v) is 16.1. The molecule has 1 saturated heterocycles. The Morgan fingerprint density at radius 2 is 2.15 bits per heavy atom. The van der Waals surface area contributed by atoms with Crippen molar-refractivity contribution in [2.45, 2.75) is 32.7 Å². The number of carbonyl (C=O) groups excluding carboxylic acids is 1. The minimum atomic E-state index is 0.122. The molecule has 1 aromatic heterocycles. The summed E-state index contributed by atoms with van der Waals surface area (Å²) in [5, 5.41) is 14.0. The third-order valence-electron chi connectivity index (χ3n) is 5.64. The predicted octanol–water partition coefficient (Wildman–Crippen LogP) is 2.65. The minimum absolute atomic E-state index is 0.122. The Balaban J connectivity index is 1.66. The fourth-order valence-electron chi connectivity index (χ4n) is 4.16. The van der Waals surface area contributed by atoms with Crippen LogP contribution >= 0.6 is 11.9 Å². The van der Waals surface area contributed by atoms with Crippen LogP contribution in [0.15, 0.2) is 18.2 Å². The third-order valence-corrected chi connectivity index (χ3v) is 6.57. The Morgan fingerprint density at radius 1 is 1.35 bits per heavy atom. The summed E-state index contributed by atoms with van der Waals surface area (Å²) in [5.74, 6) is 1.50. The Hall–Kier alpha value is -1.50. The second-order valence-corrected chi connectivity index (χ2v) is 8.41. The Bertz CT molecular complexity index is 809. The molecule has 0 spiro atoms. The van der Waals surface area contributed by atoms with Crippen molar-refractivity contribution < 1.29 is 9.90 Å². The highest BCUT2D eigenvalue weighted by molar-refractivity contribution is 7.98. The summed E-state index contributed by atoms with van der Waals surface area (Å²) in [7, 11) is 0. The van der Waals surface area contributed by atoms with Crippen LogP contribution in [0.4, 0.5) is 0 Å².